The lowest BCUT2D eigenvalue weighted by molar-refractivity contribution is 0.764. The summed E-state index contributed by atoms with van der Waals surface area (Å²) in [7, 11) is 0. The Kier molecular flexibility index (Phi) is 2.82. The molecule has 2 aromatic heterocycles. The van der Waals surface area contributed by atoms with Crippen LogP contribution in [0.5, 0.6) is 0 Å². The second-order valence-corrected chi connectivity index (χ2v) is 6.03. The first-order valence-electron chi connectivity index (χ1n) is 6.74. The molecule has 0 saturated heterocycles. The molecule has 0 radical (unpaired) electrons. The highest BCUT2D eigenvalue weighted by Gasteiger charge is 2.06. The van der Waals surface area contributed by atoms with Crippen LogP contribution in [-0.4, -0.2) is 9.55 Å². The molecule has 0 atom stereocenters. The van der Waals surface area contributed by atoms with Crippen LogP contribution in [0.15, 0.2) is 65.6 Å². The molecule has 4 rings (SSSR count). The van der Waals surface area contributed by atoms with Crippen LogP contribution in [0.1, 0.15) is 5.01 Å². The number of hydrogen-bond acceptors (Lipinski definition) is 3. The van der Waals surface area contributed by atoms with Crippen molar-refractivity contribution in [3.8, 4) is 0 Å². The van der Waals surface area contributed by atoms with Crippen molar-refractivity contribution >= 4 is 32.3 Å². The minimum absolute atomic E-state index is 0.0346. The van der Waals surface area contributed by atoms with Crippen molar-refractivity contribution < 1.29 is 0 Å². The van der Waals surface area contributed by atoms with E-state index in [4.69, 9.17) is 0 Å². The predicted molar refractivity (Wildman–Crippen MR) is 86.9 cm³/mol. The molecule has 0 aliphatic heterocycles. The molecule has 2 heterocycles. The molecular weight excluding hydrogens is 280 g/mol. The third-order valence-electron chi connectivity index (χ3n) is 3.53. The smallest absolute Gasteiger partial charge is 0.258 e. The van der Waals surface area contributed by atoms with Crippen molar-refractivity contribution in [3.05, 3.63) is 76.2 Å². The monoisotopic (exact) mass is 292 g/mol. The summed E-state index contributed by atoms with van der Waals surface area (Å²) >= 11 is 1.64. The average molecular weight is 292 g/mol. The maximum Gasteiger partial charge on any atom is 0.258 e. The number of thiazole rings is 1. The summed E-state index contributed by atoms with van der Waals surface area (Å²) in [5, 5.41) is 2.68. The van der Waals surface area contributed by atoms with Crippen LogP contribution in [-0.2, 0) is 6.54 Å². The zero-order chi connectivity index (χ0) is 14.2. The summed E-state index contributed by atoms with van der Waals surface area (Å²) in [5.74, 6) is 0. The second kappa shape index (κ2) is 4.82. The Balaban J connectivity index is 1.80. The molecule has 0 bridgehead atoms. The van der Waals surface area contributed by atoms with Gasteiger partial charge in [-0.1, -0.05) is 30.3 Å². The Hall–Kier alpha value is -2.46. The van der Waals surface area contributed by atoms with E-state index in [0.717, 1.165) is 26.0 Å². The van der Waals surface area contributed by atoms with E-state index in [9.17, 15) is 4.79 Å². The fourth-order valence-corrected chi connectivity index (χ4v) is 3.45. The SMILES string of the molecule is O=c1c2ccccc2ccn1Cc1nc2ccccc2s1. The Morgan fingerprint density at radius 3 is 2.71 bits per heavy atom. The molecule has 0 N–H and O–H groups in total. The van der Waals surface area contributed by atoms with Crippen molar-refractivity contribution in [2.45, 2.75) is 6.54 Å². The van der Waals surface area contributed by atoms with Gasteiger partial charge in [-0.3, -0.25) is 4.79 Å². The summed E-state index contributed by atoms with van der Waals surface area (Å²) in [5.41, 5.74) is 1.03. The number of hydrogen-bond donors (Lipinski definition) is 0. The number of benzene rings is 2. The van der Waals surface area contributed by atoms with E-state index >= 15 is 0 Å². The van der Waals surface area contributed by atoms with Gasteiger partial charge in [0, 0.05) is 11.6 Å². The predicted octanol–water partition coefficient (Wildman–Crippen LogP) is 3.66. The number of fused-ring (bicyclic) bond motifs is 2. The van der Waals surface area contributed by atoms with Gasteiger partial charge >= 0.3 is 0 Å². The van der Waals surface area contributed by atoms with E-state index < -0.39 is 0 Å². The van der Waals surface area contributed by atoms with Gasteiger partial charge in [-0.25, -0.2) is 4.98 Å². The lowest BCUT2D eigenvalue weighted by Gasteiger charge is -2.04. The zero-order valence-corrected chi connectivity index (χ0v) is 12.0. The normalized spacial score (nSPS) is 11.2. The van der Waals surface area contributed by atoms with E-state index in [2.05, 4.69) is 11.1 Å². The molecule has 4 heteroatoms. The molecule has 0 fully saturated rings. The van der Waals surface area contributed by atoms with E-state index in [-0.39, 0.29) is 5.56 Å². The summed E-state index contributed by atoms with van der Waals surface area (Å²) < 4.78 is 2.88. The van der Waals surface area contributed by atoms with Crippen LogP contribution in [0.4, 0.5) is 0 Å². The first kappa shape index (κ1) is 12.3. The van der Waals surface area contributed by atoms with Gasteiger partial charge in [-0.15, -0.1) is 11.3 Å². The van der Waals surface area contributed by atoms with E-state index in [1.165, 1.54) is 0 Å². The third kappa shape index (κ3) is 2.14. The van der Waals surface area contributed by atoms with Gasteiger partial charge in [-0.05, 0) is 29.7 Å². The standard InChI is InChI=1S/C17H12N2OS/c20-17-13-6-2-1-5-12(13)9-10-19(17)11-16-18-14-7-3-4-8-15(14)21-16/h1-10H,11H2. The van der Waals surface area contributed by atoms with E-state index in [1.54, 1.807) is 15.9 Å². The molecule has 2 aromatic carbocycles. The van der Waals surface area contributed by atoms with Crippen LogP contribution in [0.25, 0.3) is 21.0 Å². The highest BCUT2D eigenvalue weighted by atomic mass is 32.1. The highest BCUT2D eigenvalue weighted by molar-refractivity contribution is 7.18. The van der Waals surface area contributed by atoms with Gasteiger partial charge in [0.25, 0.3) is 5.56 Å². The molecule has 102 valence electrons. The Morgan fingerprint density at radius 2 is 1.81 bits per heavy atom. The zero-order valence-electron chi connectivity index (χ0n) is 11.2. The molecule has 21 heavy (non-hydrogen) atoms. The minimum atomic E-state index is 0.0346. The van der Waals surface area contributed by atoms with Gasteiger partial charge in [-0.2, -0.15) is 0 Å². The maximum absolute atomic E-state index is 12.5. The lowest BCUT2D eigenvalue weighted by Crippen LogP contribution is -2.19. The number of rotatable bonds is 2. The van der Waals surface area contributed by atoms with Gasteiger partial charge in [0.15, 0.2) is 0 Å². The highest BCUT2D eigenvalue weighted by Crippen LogP contribution is 2.22. The number of nitrogens with zero attached hydrogens (tertiary/aromatic N) is 2. The topological polar surface area (TPSA) is 34.9 Å². The Labute approximate surface area is 125 Å². The summed E-state index contributed by atoms with van der Waals surface area (Å²) in [4.78, 5) is 17.1. The summed E-state index contributed by atoms with van der Waals surface area (Å²) in [6, 6.07) is 17.7. The maximum atomic E-state index is 12.5. The molecule has 0 amide bonds. The van der Waals surface area contributed by atoms with Crippen molar-refractivity contribution in [1.82, 2.24) is 9.55 Å². The van der Waals surface area contributed by atoms with Gasteiger partial charge in [0.2, 0.25) is 0 Å². The number of para-hydroxylation sites is 1. The average Bonchev–Trinajstić information content (AvgIpc) is 2.93. The number of aromatic nitrogens is 2. The van der Waals surface area contributed by atoms with Crippen molar-refractivity contribution in [2.24, 2.45) is 0 Å². The Bertz CT molecular complexity index is 967. The first-order chi connectivity index (χ1) is 10.3. The largest absolute Gasteiger partial charge is 0.308 e. The van der Waals surface area contributed by atoms with Crippen LogP contribution in [0.3, 0.4) is 0 Å². The van der Waals surface area contributed by atoms with Gasteiger partial charge < -0.3 is 4.57 Å². The van der Waals surface area contributed by atoms with Crippen LogP contribution in [0.2, 0.25) is 0 Å². The lowest BCUT2D eigenvalue weighted by atomic mass is 10.2. The molecule has 0 spiro atoms. The summed E-state index contributed by atoms with van der Waals surface area (Å²) in [6.07, 6.45) is 1.84. The van der Waals surface area contributed by atoms with Crippen molar-refractivity contribution in [3.63, 3.8) is 0 Å². The Morgan fingerprint density at radius 1 is 1.00 bits per heavy atom. The molecule has 0 aliphatic rings. The fourth-order valence-electron chi connectivity index (χ4n) is 2.49. The van der Waals surface area contributed by atoms with Crippen LogP contribution < -0.4 is 5.56 Å². The molecule has 0 unspecified atom stereocenters. The van der Waals surface area contributed by atoms with Gasteiger partial charge in [0.05, 0.1) is 16.8 Å². The van der Waals surface area contributed by atoms with Crippen LogP contribution in [0, 0.1) is 0 Å². The van der Waals surface area contributed by atoms with E-state index in [0.29, 0.717) is 6.54 Å². The van der Waals surface area contributed by atoms with Crippen LogP contribution >= 0.6 is 11.3 Å². The molecule has 0 saturated carbocycles. The molecule has 0 aliphatic carbocycles. The molecular formula is C17H12N2OS. The number of pyridine rings is 1. The fraction of sp³-hybridized carbons (Fsp3) is 0.0588. The van der Waals surface area contributed by atoms with Crippen molar-refractivity contribution in [2.75, 3.05) is 0 Å². The molecule has 3 nitrogen and oxygen atoms in total. The third-order valence-corrected chi connectivity index (χ3v) is 4.55. The quantitative estimate of drug-likeness (QED) is 0.565. The summed E-state index contributed by atoms with van der Waals surface area (Å²) in [6.45, 7) is 0.517. The second-order valence-electron chi connectivity index (χ2n) is 4.91. The van der Waals surface area contributed by atoms with E-state index in [1.807, 2.05) is 54.7 Å². The van der Waals surface area contributed by atoms with Crippen molar-refractivity contribution in [1.29, 1.82) is 0 Å². The molecule has 4 aromatic rings. The minimum Gasteiger partial charge on any atom is -0.308 e. The first-order valence-corrected chi connectivity index (χ1v) is 7.55. The van der Waals surface area contributed by atoms with Gasteiger partial charge in [0.1, 0.15) is 5.01 Å².